The number of fused-ring (bicyclic) bond motifs is 3. The summed E-state index contributed by atoms with van der Waals surface area (Å²) in [4.78, 5) is 0. The van der Waals surface area contributed by atoms with Gasteiger partial charge in [0.05, 0.1) is 0 Å². The fourth-order valence-corrected chi connectivity index (χ4v) is 4.01. The second-order valence-corrected chi connectivity index (χ2v) is 12.2. The summed E-state index contributed by atoms with van der Waals surface area (Å²) < 4.78 is 0. The van der Waals surface area contributed by atoms with Crippen LogP contribution < -0.4 is 24.8 Å². The number of rotatable bonds is 0. The molecular weight excluding hydrogens is 534 g/mol. The van der Waals surface area contributed by atoms with E-state index in [0.717, 1.165) is 6.42 Å². The molecule has 0 nitrogen and oxygen atoms in total. The topological polar surface area (TPSA) is 0 Å². The van der Waals surface area contributed by atoms with Crippen molar-refractivity contribution in [1.82, 2.24) is 0 Å². The van der Waals surface area contributed by atoms with Crippen molar-refractivity contribution in [2.75, 3.05) is 0 Å². The van der Waals surface area contributed by atoms with Crippen molar-refractivity contribution in [1.29, 1.82) is 0 Å². The predicted molar refractivity (Wildman–Crippen MR) is 139 cm³/mol. The molecule has 0 aliphatic heterocycles. The van der Waals surface area contributed by atoms with E-state index < -0.39 is 0 Å². The van der Waals surface area contributed by atoms with Gasteiger partial charge in [0.1, 0.15) is 0 Å². The average Bonchev–Trinajstić information content (AvgIpc) is 3.23. The van der Waals surface area contributed by atoms with Crippen LogP contribution in [-0.2, 0) is 37.0 Å². The monoisotopic (exact) mass is 572 g/mol. The van der Waals surface area contributed by atoms with Gasteiger partial charge in [-0.15, -0.1) is 46.2 Å². The molecule has 34 heavy (non-hydrogen) atoms. The molecule has 1 aliphatic rings. The SMILES string of the molecule is CC(C)(C)c1ccc2[cH-]c3ccc(C(C)(C)C)cc3c2c1.CC1=[C-]CC(C(C)(C)C)=C1.[Cl-].[Cl-].[Zr+4]. The second kappa shape index (κ2) is 12.0. The van der Waals surface area contributed by atoms with Crippen LogP contribution in [0.15, 0.2) is 59.7 Å². The van der Waals surface area contributed by atoms with Gasteiger partial charge in [-0.1, -0.05) is 105 Å². The Balaban J connectivity index is 0.000000721. The van der Waals surface area contributed by atoms with Crippen molar-refractivity contribution >= 4 is 21.5 Å². The van der Waals surface area contributed by atoms with Gasteiger partial charge in [0.15, 0.2) is 0 Å². The Hall–Kier alpha value is -0.747. The Morgan fingerprint density at radius 3 is 1.35 bits per heavy atom. The number of benzene rings is 2. The zero-order valence-corrected chi connectivity index (χ0v) is 26.6. The maximum atomic E-state index is 3.30. The van der Waals surface area contributed by atoms with Gasteiger partial charge in [-0.25, -0.2) is 11.6 Å². The molecule has 0 radical (unpaired) electrons. The largest absolute Gasteiger partial charge is 4.00 e. The van der Waals surface area contributed by atoms with Crippen molar-refractivity contribution in [3.63, 3.8) is 0 Å². The average molecular weight is 575 g/mol. The Kier molecular flexibility index (Phi) is 11.7. The minimum Gasteiger partial charge on any atom is -1.00 e. The molecule has 0 aromatic heterocycles. The van der Waals surface area contributed by atoms with E-state index >= 15 is 0 Å². The minimum atomic E-state index is 0. The molecule has 0 fully saturated rings. The normalized spacial score (nSPS) is 13.7. The Morgan fingerprint density at radius 2 is 1.09 bits per heavy atom. The fourth-order valence-electron chi connectivity index (χ4n) is 4.01. The molecule has 0 unspecified atom stereocenters. The van der Waals surface area contributed by atoms with E-state index in [4.69, 9.17) is 0 Å². The summed E-state index contributed by atoms with van der Waals surface area (Å²) in [7, 11) is 0. The molecular formula is C31H40Cl2Zr. The number of halogens is 2. The third-order valence-corrected chi connectivity index (χ3v) is 6.35. The second-order valence-electron chi connectivity index (χ2n) is 12.2. The Morgan fingerprint density at radius 1 is 0.676 bits per heavy atom. The quantitative estimate of drug-likeness (QED) is 0.361. The van der Waals surface area contributed by atoms with E-state index in [1.165, 1.54) is 43.8 Å². The van der Waals surface area contributed by atoms with Crippen LogP contribution in [0.5, 0.6) is 0 Å². The molecule has 182 valence electrons. The molecule has 0 saturated heterocycles. The Bertz CT molecular complexity index is 1090. The molecule has 0 heterocycles. The summed E-state index contributed by atoms with van der Waals surface area (Å²) in [5.41, 5.74) is 6.34. The van der Waals surface area contributed by atoms with Crippen LogP contribution in [-0.4, -0.2) is 0 Å². The third-order valence-electron chi connectivity index (χ3n) is 6.35. The van der Waals surface area contributed by atoms with Gasteiger partial charge in [-0.05, 0) is 16.2 Å². The van der Waals surface area contributed by atoms with Crippen LogP contribution in [0.4, 0.5) is 0 Å². The van der Waals surface area contributed by atoms with Crippen LogP contribution in [0.2, 0.25) is 0 Å². The van der Waals surface area contributed by atoms with Crippen molar-refractivity contribution in [2.45, 2.75) is 86.5 Å². The molecule has 0 saturated carbocycles. The first-order chi connectivity index (χ1) is 14.2. The van der Waals surface area contributed by atoms with Gasteiger partial charge in [0.25, 0.3) is 0 Å². The summed E-state index contributed by atoms with van der Waals surface area (Å²) in [5.74, 6) is 0. The number of hydrogen-bond donors (Lipinski definition) is 0. The summed E-state index contributed by atoms with van der Waals surface area (Å²) in [6, 6.07) is 16.1. The molecule has 1 aliphatic carbocycles. The smallest absolute Gasteiger partial charge is 1.00 e. The standard InChI is InChI=1S/C21H25.C10H15.2ClH.Zr/c1-20(2,3)16-9-7-14-11-15-8-10-17(21(4,5)6)13-19(15)18(14)12-16;1-8-5-6-9(7-8)10(2,3)4;;;/h7-13H,1-6H3;7H,6H2,1-4H3;2*1H;/q2*-1;;;+4/p-2. The maximum Gasteiger partial charge on any atom is 4.00 e. The van der Waals surface area contributed by atoms with Gasteiger partial charge < -0.3 is 24.8 Å². The molecule has 0 bridgehead atoms. The molecule has 3 heteroatoms. The minimum absolute atomic E-state index is 0. The Labute approximate surface area is 240 Å². The molecule has 3 aromatic carbocycles. The van der Waals surface area contributed by atoms with Crippen LogP contribution in [0.25, 0.3) is 21.5 Å². The van der Waals surface area contributed by atoms with Crippen LogP contribution in [0.3, 0.4) is 0 Å². The zero-order chi connectivity index (χ0) is 23.2. The fraction of sp³-hybridized carbons (Fsp3) is 0.452. The first kappa shape index (κ1) is 33.3. The van der Waals surface area contributed by atoms with Gasteiger partial charge in [0, 0.05) is 0 Å². The molecule has 3 aromatic rings. The maximum absolute atomic E-state index is 3.30. The summed E-state index contributed by atoms with van der Waals surface area (Å²) >= 11 is 0. The molecule has 0 spiro atoms. The summed E-state index contributed by atoms with van der Waals surface area (Å²) in [6.45, 7) is 22.5. The van der Waals surface area contributed by atoms with E-state index in [2.05, 4.69) is 124 Å². The zero-order valence-electron chi connectivity index (χ0n) is 22.6. The van der Waals surface area contributed by atoms with E-state index in [1.54, 1.807) is 0 Å². The van der Waals surface area contributed by atoms with Gasteiger partial charge in [0.2, 0.25) is 0 Å². The summed E-state index contributed by atoms with van der Waals surface area (Å²) in [5, 5.41) is 5.49. The van der Waals surface area contributed by atoms with Crippen LogP contribution in [0.1, 0.15) is 86.8 Å². The van der Waals surface area contributed by atoms with Gasteiger partial charge in [-0.2, -0.15) is 5.57 Å². The van der Waals surface area contributed by atoms with Crippen molar-refractivity contribution < 1.29 is 51.0 Å². The first-order valence-corrected chi connectivity index (χ1v) is 11.6. The number of hydrogen-bond acceptors (Lipinski definition) is 0. The van der Waals surface area contributed by atoms with Gasteiger partial charge >= 0.3 is 26.2 Å². The van der Waals surface area contributed by atoms with E-state index in [9.17, 15) is 0 Å². The first-order valence-electron chi connectivity index (χ1n) is 11.6. The van der Waals surface area contributed by atoms with Crippen molar-refractivity contribution in [3.05, 3.63) is 76.9 Å². The van der Waals surface area contributed by atoms with Crippen LogP contribution in [0, 0.1) is 11.5 Å². The molecule has 0 amide bonds. The molecule has 0 atom stereocenters. The molecule has 0 N–H and O–H groups in total. The van der Waals surface area contributed by atoms with E-state index in [-0.39, 0.29) is 61.8 Å². The predicted octanol–water partition coefficient (Wildman–Crippen LogP) is 3.42. The summed E-state index contributed by atoms with van der Waals surface area (Å²) in [6.07, 6.45) is 6.59. The van der Waals surface area contributed by atoms with Crippen molar-refractivity contribution in [2.24, 2.45) is 5.41 Å². The van der Waals surface area contributed by atoms with Crippen LogP contribution >= 0.6 is 0 Å². The third kappa shape index (κ3) is 7.88. The van der Waals surface area contributed by atoms with Gasteiger partial charge in [-0.3, -0.25) is 6.08 Å². The molecule has 4 rings (SSSR count). The van der Waals surface area contributed by atoms with E-state index in [0.29, 0.717) is 5.41 Å². The van der Waals surface area contributed by atoms with Crippen molar-refractivity contribution in [3.8, 4) is 0 Å². The number of allylic oxidation sites excluding steroid dienone is 4. The van der Waals surface area contributed by atoms with E-state index in [1.807, 2.05) is 0 Å².